The molecule has 3 rings (SSSR count). The fourth-order valence-corrected chi connectivity index (χ4v) is 4.55. The van der Waals surface area contributed by atoms with E-state index in [0.29, 0.717) is 0 Å². The number of nitrogens with zero attached hydrogens (tertiary/aromatic N) is 2. The van der Waals surface area contributed by atoms with Crippen LogP contribution in [0.5, 0.6) is 0 Å². The Morgan fingerprint density at radius 1 is 1.14 bits per heavy atom. The van der Waals surface area contributed by atoms with E-state index in [1.807, 2.05) is 18.3 Å². The number of allylic oxidation sites excluding steroid dienone is 1. The summed E-state index contributed by atoms with van der Waals surface area (Å²) < 4.78 is 14.3. The number of anilines is 1. The number of hydrogen-bond donors (Lipinski definition) is 0. The van der Waals surface area contributed by atoms with E-state index in [1.165, 1.54) is 16.7 Å². The maximum atomic E-state index is 6.13. The smallest absolute Gasteiger partial charge is 0.399 e. The molecule has 1 saturated heterocycles. The van der Waals surface area contributed by atoms with E-state index in [0.717, 1.165) is 17.7 Å². The molecule has 1 aromatic carbocycles. The largest absolute Gasteiger partial charge is 0.496 e. The first-order valence-electron chi connectivity index (χ1n) is 9.84. The summed E-state index contributed by atoms with van der Waals surface area (Å²) in [5.74, 6) is 0.873. The average molecular weight is 522 g/mol. The van der Waals surface area contributed by atoms with Gasteiger partial charge in [-0.1, -0.05) is 37.3 Å². The zero-order valence-corrected chi connectivity index (χ0v) is 20.9. The van der Waals surface area contributed by atoms with Crippen LogP contribution in [0, 0.1) is 0 Å². The standard InChI is InChI=1S/C22H28BIN2O2S/c1-7-17-10-8-9-11-19(17)16(2)15-26(29-24)20-13-12-18(14-25-20)23-27-21(3,4)22(5,6)28-23/h8-15H,7H2,1-6H3/b16-15+. The molecule has 2 aromatic rings. The molecule has 29 heavy (non-hydrogen) atoms. The molecule has 1 aromatic heterocycles. The van der Waals surface area contributed by atoms with Gasteiger partial charge in [-0.25, -0.2) is 4.98 Å². The second-order valence-corrected chi connectivity index (χ2v) is 9.97. The third kappa shape index (κ3) is 4.84. The number of hydrogen-bond acceptors (Lipinski definition) is 5. The van der Waals surface area contributed by atoms with Crippen molar-refractivity contribution >= 4 is 54.3 Å². The van der Waals surface area contributed by atoms with Crippen LogP contribution in [0.1, 0.15) is 52.7 Å². The molecule has 0 amide bonds. The van der Waals surface area contributed by atoms with Crippen LogP contribution in [-0.4, -0.2) is 23.3 Å². The molecule has 0 atom stereocenters. The van der Waals surface area contributed by atoms with Gasteiger partial charge >= 0.3 is 7.12 Å². The van der Waals surface area contributed by atoms with Crippen LogP contribution >= 0.6 is 30.3 Å². The maximum Gasteiger partial charge on any atom is 0.496 e. The summed E-state index contributed by atoms with van der Waals surface area (Å²) in [4.78, 5) is 4.67. The monoisotopic (exact) mass is 522 g/mol. The van der Waals surface area contributed by atoms with Crippen molar-refractivity contribution < 1.29 is 9.31 Å². The van der Waals surface area contributed by atoms with Gasteiger partial charge < -0.3 is 9.31 Å². The topological polar surface area (TPSA) is 34.6 Å². The number of rotatable bonds is 6. The van der Waals surface area contributed by atoms with Gasteiger partial charge in [0.1, 0.15) is 5.82 Å². The SMILES string of the molecule is CCc1ccccc1/C(C)=C/N(SI)c1ccc(B2OC(C)(C)C(C)(C)O2)cn1. The average Bonchev–Trinajstić information content (AvgIpc) is 2.93. The highest BCUT2D eigenvalue weighted by Gasteiger charge is 2.51. The molecule has 0 saturated carbocycles. The van der Waals surface area contributed by atoms with Crippen molar-refractivity contribution in [2.45, 2.75) is 59.2 Å². The Kier molecular flexibility index (Phi) is 7.03. The summed E-state index contributed by atoms with van der Waals surface area (Å²) in [6.45, 7) is 12.6. The highest BCUT2D eigenvalue weighted by Crippen LogP contribution is 2.36. The van der Waals surface area contributed by atoms with Crippen LogP contribution in [0.2, 0.25) is 0 Å². The Balaban J connectivity index is 1.81. The number of aryl methyl sites for hydroxylation is 1. The fraction of sp³-hybridized carbons (Fsp3) is 0.409. The first-order valence-corrected chi connectivity index (χ1v) is 13.2. The second kappa shape index (κ2) is 9.00. The predicted molar refractivity (Wildman–Crippen MR) is 134 cm³/mol. The van der Waals surface area contributed by atoms with E-state index < -0.39 is 7.12 Å². The molecular weight excluding hydrogens is 494 g/mol. The van der Waals surface area contributed by atoms with Gasteiger partial charge in [0.25, 0.3) is 0 Å². The quantitative estimate of drug-likeness (QED) is 0.272. The number of pyridine rings is 1. The van der Waals surface area contributed by atoms with Gasteiger partial charge in [0, 0.05) is 48.2 Å². The van der Waals surface area contributed by atoms with Crippen LogP contribution in [0.4, 0.5) is 5.82 Å². The lowest BCUT2D eigenvalue weighted by Crippen LogP contribution is -2.41. The molecule has 0 radical (unpaired) electrons. The zero-order valence-electron chi connectivity index (χ0n) is 17.9. The highest BCUT2D eigenvalue weighted by atomic mass is 127. The normalized spacial score (nSPS) is 18.2. The van der Waals surface area contributed by atoms with Crippen molar-refractivity contribution in [3.63, 3.8) is 0 Å². The predicted octanol–water partition coefficient (Wildman–Crippen LogP) is 5.81. The van der Waals surface area contributed by atoms with Gasteiger partial charge in [0.05, 0.1) is 11.2 Å². The third-order valence-electron chi connectivity index (χ3n) is 5.73. The number of aromatic nitrogens is 1. The van der Waals surface area contributed by atoms with Gasteiger partial charge in [-0.2, -0.15) is 0 Å². The minimum absolute atomic E-state index is 0.354. The van der Waals surface area contributed by atoms with Crippen molar-refractivity contribution in [1.82, 2.24) is 4.98 Å². The molecule has 1 fully saturated rings. The van der Waals surface area contributed by atoms with Crippen LogP contribution in [0.15, 0.2) is 48.8 Å². The molecular formula is C22H28BIN2O2S. The fourth-order valence-electron chi connectivity index (χ4n) is 3.23. The highest BCUT2D eigenvalue weighted by molar-refractivity contribution is 14.2. The molecule has 7 heteroatoms. The van der Waals surface area contributed by atoms with Crippen molar-refractivity contribution in [3.05, 3.63) is 59.9 Å². The van der Waals surface area contributed by atoms with E-state index in [1.54, 1.807) is 9.12 Å². The summed E-state index contributed by atoms with van der Waals surface area (Å²) in [5, 5.41) is 0. The Bertz CT molecular complexity index is 871. The Morgan fingerprint density at radius 3 is 2.34 bits per heavy atom. The lowest BCUT2D eigenvalue weighted by molar-refractivity contribution is 0.00578. The van der Waals surface area contributed by atoms with Crippen LogP contribution in [0.25, 0.3) is 5.57 Å². The summed E-state index contributed by atoms with van der Waals surface area (Å²) >= 11 is 2.29. The summed E-state index contributed by atoms with van der Waals surface area (Å²) in [6, 6.07) is 12.6. The van der Waals surface area contributed by atoms with E-state index in [4.69, 9.17) is 9.31 Å². The van der Waals surface area contributed by atoms with E-state index >= 15 is 0 Å². The third-order valence-corrected chi connectivity index (χ3v) is 7.44. The molecule has 0 bridgehead atoms. The van der Waals surface area contributed by atoms with Gasteiger partial charge in [-0.05, 0) is 63.8 Å². The summed E-state index contributed by atoms with van der Waals surface area (Å²) in [7, 11) is 1.21. The van der Waals surface area contributed by atoms with Crippen molar-refractivity contribution in [1.29, 1.82) is 0 Å². The first-order chi connectivity index (χ1) is 13.7. The Labute approximate surface area is 191 Å². The van der Waals surface area contributed by atoms with Gasteiger partial charge in [-0.3, -0.25) is 4.31 Å². The maximum absolute atomic E-state index is 6.13. The lowest BCUT2D eigenvalue weighted by Gasteiger charge is -2.32. The molecule has 1 aliphatic rings. The molecule has 2 heterocycles. The van der Waals surface area contributed by atoms with E-state index in [2.05, 4.69) is 103 Å². The van der Waals surface area contributed by atoms with E-state index in [9.17, 15) is 0 Å². The summed E-state index contributed by atoms with van der Waals surface area (Å²) in [6.07, 6.45) is 5.00. The van der Waals surface area contributed by atoms with Crippen LogP contribution in [0.3, 0.4) is 0 Å². The van der Waals surface area contributed by atoms with Gasteiger partial charge in [-0.15, -0.1) is 0 Å². The molecule has 0 N–H and O–H groups in total. The minimum atomic E-state index is -0.393. The van der Waals surface area contributed by atoms with Gasteiger partial charge in [0.2, 0.25) is 0 Å². The molecule has 154 valence electrons. The Hall–Kier alpha value is -1.03. The second-order valence-electron chi connectivity index (χ2n) is 8.26. The molecule has 0 aliphatic carbocycles. The van der Waals surface area contributed by atoms with Crippen molar-refractivity contribution in [2.24, 2.45) is 0 Å². The van der Waals surface area contributed by atoms with Gasteiger partial charge in [0.15, 0.2) is 0 Å². The zero-order chi connectivity index (χ0) is 21.2. The first kappa shape index (κ1) is 22.7. The summed E-state index contributed by atoms with van der Waals surface area (Å²) in [5.41, 5.74) is 4.06. The lowest BCUT2D eigenvalue weighted by atomic mass is 9.80. The van der Waals surface area contributed by atoms with Crippen LogP contribution in [-0.2, 0) is 15.7 Å². The number of benzene rings is 1. The molecule has 0 spiro atoms. The minimum Gasteiger partial charge on any atom is -0.399 e. The molecule has 0 unspecified atom stereocenters. The van der Waals surface area contributed by atoms with Crippen molar-refractivity contribution in [2.75, 3.05) is 4.31 Å². The van der Waals surface area contributed by atoms with Crippen molar-refractivity contribution in [3.8, 4) is 0 Å². The number of halogens is 1. The van der Waals surface area contributed by atoms with E-state index in [-0.39, 0.29) is 11.2 Å². The molecule has 4 nitrogen and oxygen atoms in total. The Morgan fingerprint density at radius 2 is 1.79 bits per heavy atom. The molecule has 1 aliphatic heterocycles. The van der Waals surface area contributed by atoms with Crippen LogP contribution < -0.4 is 9.77 Å².